The van der Waals surface area contributed by atoms with Crippen molar-refractivity contribution in [2.45, 2.75) is 38.6 Å². The molecule has 1 aliphatic rings. The molecule has 1 aromatic heterocycles. The molecule has 2 atom stereocenters. The lowest BCUT2D eigenvalue weighted by Gasteiger charge is -2.27. The largest absolute Gasteiger partial charge is 0.472 e. The second-order valence-electron chi connectivity index (χ2n) is 5.72. The highest BCUT2D eigenvalue weighted by Gasteiger charge is 2.27. The molecule has 0 spiro atoms. The Labute approximate surface area is 121 Å². The summed E-state index contributed by atoms with van der Waals surface area (Å²) in [7, 11) is 0. The van der Waals surface area contributed by atoms with Crippen LogP contribution in [0.2, 0.25) is 0 Å². The van der Waals surface area contributed by atoms with Gasteiger partial charge in [0, 0.05) is 6.04 Å². The number of fused-ring (bicyclic) bond motifs is 1. The Morgan fingerprint density at radius 2 is 2.15 bits per heavy atom. The Bertz CT molecular complexity index is 532. The third-order valence-corrected chi connectivity index (χ3v) is 4.38. The highest BCUT2D eigenvalue weighted by atomic mass is 16.3. The Morgan fingerprint density at radius 3 is 2.95 bits per heavy atom. The summed E-state index contributed by atoms with van der Waals surface area (Å²) >= 11 is 0. The summed E-state index contributed by atoms with van der Waals surface area (Å²) in [5, 5.41) is 3.71. The van der Waals surface area contributed by atoms with E-state index in [4.69, 9.17) is 4.42 Å². The Balaban J connectivity index is 1.89. The first kappa shape index (κ1) is 13.4. The third-order valence-electron chi connectivity index (χ3n) is 4.38. The highest BCUT2D eigenvalue weighted by Crippen LogP contribution is 2.35. The number of furan rings is 1. The van der Waals surface area contributed by atoms with E-state index in [-0.39, 0.29) is 0 Å². The lowest BCUT2D eigenvalue weighted by Crippen LogP contribution is -2.29. The zero-order chi connectivity index (χ0) is 13.8. The monoisotopic (exact) mass is 269 g/mol. The lowest BCUT2D eigenvalue weighted by atomic mass is 9.86. The van der Waals surface area contributed by atoms with Gasteiger partial charge in [-0.15, -0.1) is 0 Å². The van der Waals surface area contributed by atoms with Gasteiger partial charge in [0.2, 0.25) is 0 Å². The van der Waals surface area contributed by atoms with E-state index in [1.54, 1.807) is 6.26 Å². The van der Waals surface area contributed by atoms with Crippen LogP contribution in [0, 0.1) is 5.92 Å². The molecule has 2 nitrogen and oxygen atoms in total. The first-order chi connectivity index (χ1) is 9.88. The van der Waals surface area contributed by atoms with Gasteiger partial charge in [-0.25, -0.2) is 0 Å². The van der Waals surface area contributed by atoms with Crippen LogP contribution in [0.4, 0.5) is 0 Å². The predicted octanol–water partition coefficient (Wildman–Crippen LogP) is 4.13. The normalized spacial score (nSPS) is 22.2. The number of rotatable bonds is 4. The van der Waals surface area contributed by atoms with Gasteiger partial charge >= 0.3 is 0 Å². The van der Waals surface area contributed by atoms with Crippen LogP contribution in [0.1, 0.15) is 42.5 Å². The molecule has 0 fully saturated rings. The minimum Gasteiger partial charge on any atom is -0.472 e. The fourth-order valence-corrected chi connectivity index (χ4v) is 3.47. The average Bonchev–Trinajstić information content (AvgIpc) is 2.91. The van der Waals surface area contributed by atoms with Crippen molar-refractivity contribution < 1.29 is 4.42 Å². The second-order valence-corrected chi connectivity index (χ2v) is 5.72. The minimum atomic E-state index is 0.466. The van der Waals surface area contributed by atoms with Crippen molar-refractivity contribution in [2.24, 2.45) is 5.92 Å². The maximum atomic E-state index is 5.23. The van der Waals surface area contributed by atoms with Crippen molar-refractivity contribution in [3.05, 3.63) is 59.5 Å². The minimum absolute atomic E-state index is 0.466. The fraction of sp³-hybridized carbons (Fsp3) is 0.444. The summed E-state index contributed by atoms with van der Waals surface area (Å²) in [6.45, 7) is 3.21. The molecule has 0 radical (unpaired) electrons. The smallest absolute Gasteiger partial charge is 0.0934 e. The van der Waals surface area contributed by atoms with Crippen LogP contribution in [0.15, 0.2) is 47.3 Å². The molecular formula is C18H23NO. The van der Waals surface area contributed by atoms with Crippen LogP contribution in [0.5, 0.6) is 0 Å². The Hall–Kier alpha value is -1.54. The number of hydrogen-bond acceptors (Lipinski definition) is 2. The summed E-state index contributed by atoms with van der Waals surface area (Å²) in [6, 6.07) is 11.5. The average molecular weight is 269 g/mol. The molecule has 0 saturated heterocycles. The molecular weight excluding hydrogens is 246 g/mol. The van der Waals surface area contributed by atoms with Crippen molar-refractivity contribution in [3.8, 4) is 0 Å². The van der Waals surface area contributed by atoms with Crippen LogP contribution in [0.25, 0.3) is 0 Å². The molecule has 2 aromatic rings. The number of benzene rings is 1. The predicted molar refractivity (Wildman–Crippen MR) is 81.7 cm³/mol. The first-order valence-electron chi connectivity index (χ1n) is 7.70. The molecule has 0 aliphatic heterocycles. The van der Waals surface area contributed by atoms with Gasteiger partial charge in [0.15, 0.2) is 0 Å². The number of hydrogen-bond donors (Lipinski definition) is 1. The van der Waals surface area contributed by atoms with E-state index in [9.17, 15) is 0 Å². The van der Waals surface area contributed by atoms with E-state index in [0.717, 1.165) is 13.0 Å². The zero-order valence-corrected chi connectivity index (χ0v) is 12.1. The van der Waals surface area contributed by atoms with Gasteiger partial charge in [0.1, 0.15) is 0 Å². The van der Waals surface area contributed by atoms with Gasteiger partial charge in [-0.05, 0) is 60.9 Å². The van der Waals surface area contributed by atoms with E-state index >= 15 is 0 Å². The second kappa shape index (κ2) is 6.27. The van der Waals surface area contributed by atoms with Gasteiger partial charge in [-0.1, -0.05) is 31.2 Å². The Kier molecular flexibility index (Phi) is 4.22. The molecule has 2 unspecified atom stereocenters. The van der Waals surface area contributed by atoms with Crippen LogP contribution in [0.3, 0.4) is 0 Å². The highest BCUT2D eigenvalue weighted by molar-refractivity contribution is 5.32. The van der Waals surface area contributed by atoms with Gasteiger partial charge in [-0.2, -0.15) is 0 Å². The third kappa shape index (κ3) is 2.80. The van der Waals surface area contributed by atoms with Gasteiger partial charge in [0.05, 0.1) is 12.5 Å². The maximum Gasteiger partial charge on any atom is 0.0934 e. The topological polar surface area (TPSA) is 25.2 Å². The summed E-state index contributed by atoms with van der Waals surface area (Å²) in [6.07, 6.45) is 8.53. The maximum absolute atomic E-state index is 5.23. The van der Waals surface area contributed by atoms with E-state index < -0.39 is 0 Å². The van der Waals surface area contributed by atoms with Crippen molar-refractivity contribution in [1.29, 1.82) is 0 Å². The molecule has 20 heavy (non-hydrogen) atoms. The van der Waals surface area contributed by atoms with Gasteiger partial charge < -0.3 is 9.73 Å². The fourth-order valence-electron chi connectivity index (χ4n) is 3.47. The molecule has 1 aliphatic carbocycles. The van der Waals surface area contributed by atoms with Gasteiger partial charge in [0.25, 0.3) is 0 Å². The lowest BCUT2D eigenvalue weighted by molar-refractivity contribution is 0.345. The Morgan fingerprint density at radius 1 is 1.25 bits per heavy atom. The molecule has 0 bridgehead atoms. The van der Waals surface area contributed by atoms with Crippen molar-refractivity contribution in [2.75, 3.05) is 6.54 Å². The SMILES string of the molecule is CCNC1c2ccccc2CCCC1Cc1ccoc1. The molecule has 1 N–H and O–H groups in total. The summed E-state index contributed by atoms with van der Waals surface area (Å²) in [5.74, 6) is 0.649. The van der Waals surface area contributed by atoms with E-state index in [1.165, 1.54) is 36.0 Å². The standard InChI is InChI=1S/C18H23NO/c1-2-19-18-16(12-14-10-11-20-13-14)8-5-7-15-6-3-4-9-17(15)18/h3-4,6,9-11,13,16,18-19H,2,5,7-8,12H2,1H3. The number of aryl methyl sites for hydroxylation is 1. The molecule has 1 aromatic carbocycles. The van der Waals surface area contributed by atoms with E-state index in [1.807, 2.05) is 6.26 Å². The van der Waals surface area contributed by atoms with Gasteiger partial charge in [-0.3, -0.25) is 0 Å². The molecule has 2 heteroatoms. The summed E-state index contributed by atoms with van der Waals surface area (Å²) in [4.78, 5) is 0. The molecule has 3 rings (SSSR count). The molecule has 1 heterocycles. The molecule has 0 amide bonds. The van der Waals surface area contributed by atoms with E-state index in [0.29, 0.717) is 12.0 Å². The van der Waals surface area contributed by atoms with Crippen molar-refractivity contribution in [3.63, 3.8) is 0 Å². The quantitative estimate of drug-likeness (QED) is 0.844. The van der Waals surface area contributed by atoms with Crippen LogP contribution in [-0.4, -0.2) is 6.54 Å². The van der Waals surface area contributed by atoms with Crippen LogP contribution in [-0.2, 0) is 12.8 Å². The van der Waals surface area contributed by atoms with E-state index in [2.05, 4.69) is 42.6 Å². The van der Waals surface area contributed by atoms with Crippen LogP contribution < -0.4 is 5.32 Å². The van der Waals surface area contributed by atoms with Crippen molar-refractivity contribution >= 4 is 0 Å². The van der Waals surface area contributed by atoms with Crippen LogP contribution >= 0.6 is 0 Å². The summed E-state index contributed by atoms with van der Waals surface area (Å²) in [5.41, 5.74) is 4.34. The summed E-state index contributed by atoms with van der Waals surface area (Å²) < 4.78 is 5.23. The zero-order valence-electron chi connectivity index (χ0n) is 12.1. The number of nitrogens with one attached hydrogen (secondary N) is 1. The molecule has 106 valence electrons. The van der Waals surface area contributed by atoms with Crippen molar-refractivity contribution in [1.82, 2.24) is 5.32 Å². The first-order valence-corrected chi connectivity index (χ1v) is 7.70. The molecule has 0 saturated carbocycles.